The van der Waals surface area contributed by atoms with Crippen LogP contribution < -0.4 is 10.5 Å². The van der Waals surface area contributed by atoms with Crippen LogP contribution in [0.1, 0.15) is 23.7 Å². The van der Waals surface area contributed by atoms with Gasteiger partial charge in [-0.1, -0.05) is 6.92 Å². The molecule has 1 aromatic rings. The summed E-state index contributed by atoms with van der Waals surface area (Å²) in [5, 5.41) is 0. The van der Waals surface area contributed by atoms with Crippen LogP contribution in [0.25, 0.3) is 0 Å². The lowest BCUT2D eigenvalue weighted by Crippen LogP contribution is -2.13. The predicted octanol–water partition coefficient (Wildman–Crippen LogP) is 1.01. The molecule has 0 unspecified atom stereocenters. The van der Waals surface area contributed by atoms with Gasteiger partial charge < -0.3 is 10.5 Å². The van der Waals surface area contributed by atoms with Gasteiger partial charge in [-0.25, -0.2) is 0 Å². The van der Waals surface area contributed by atoms with E-state index in [4.69, 9.17) is 10.5 Å². The Balaban J connectivity index is 2.73. The molecule has 0 aliphatic rings. The van der Waals surface area contributed by atoms with Crippen molar-refractivity contribution in [2.24, 2.45) is 5.73 Å². The third kappa shape index (κ3) is 2.81. The van der Waals surface area contributed by atoms with Gasteiger partial charge in [0.15, 0.2) is 5.78 Å². The molecule has 0 atom stereocenters. The Labute approximate surface area is 83.1 Å². The van der Waals surface area contributed by atoms with E-state index in [0.717, 1.165) is 6.42 Å². The summed E-state index contributed by atoms with van der Waals surface area (Å²) in [6, 6.07) is 1.66. The fourth-order valence-corrected chi connectivity index (χ4v) is 0.988. The number of ketones is 1. The molecule has 14 heavy (non-hydrogen) atoms. The molecule has 0 spiro atoms. The molecule has 0 fully saturated rings. The van der Waals surface area contributed by atoms with E-state index in [1.165, 1.54) is 6.20 Å². The number of Topliss-reactive ketones (excluding diaryl/α,β-unsaturated/α-hetero) is 1. The Morgan fingerprint density at radius 2 is 2.36 bits per heavy atom. The molecule has 0 aromatic carbocycles. The van der Waals surface area contributed by atoms with E-state index < -0.39 is 0 Å². The SMILES string of the molecule is CCCOc1cncc(C(=O)CN)c1. The summed E-state index contributed by atoms with van der Waals surface area (Å²) in [6.07, 6.45) is 4.01. The first-order valence-corrected chi connectivity index (χ1v) is 4.59. The highest BCUT2D eigenvalue weighted by atomic mass is 16.5. The number of nitrogens with two attached hydrogens (primary N) is 1. The maximum Gasteiger partial charge on any atom is 0.178 e. The van der Waals surface area contributed by atoms with Gasteiger partial charge in [0.25, 0.3) is 0 Å². The molecule has 1 aromatic heterocycles. The number of aromatic nitrogens is 1. The molecule has 0 aliphatic heterocycles. The predicted molar refractivity (Wildman–Crippen MR) is 53.4 cm³/mol. The van der Waals surface area contributed by atoms with Crippen molar-refractivity contribution in [1.82, 2.24) is 4.98 Å². The van der Waals surface area contributed by atoms with Crippen LogP contribution in [0.5, 0.6) is 5.75 Å². The highest BCUT2D eigenvalue weighted by Crippen LogP contribution is 2.11. The van der Waals surface area contributed by atoms with E-state index in [0.29, 0.717) is 17.9 Å². The number of carbonyl (C=O) groups excluding carboxylic acids is 1. The zero-order valence-corrected chi connectivity index (χ0v) is 8.19. The normalized spacial score (nSPS) is 9.86. The molecule has 2 N–H and O–H groups in total. The Kier molecular flexibility index (Phi) is 4.07. The fraction of sp³-hybridized carbons (Fsp3) is 0.400. The van der Waals surface area contributed by atoms with Crippen LogP contribution in [0.2, 0.25) is 0 Å². The van der Waals surface area contributed by atoms with Crippen molar-refractivity contribution >= 4 is 5.78 Å². The number of rotatable bonds is 5. The van der Waals surface area contributed by atoms with Gasteiger partial charge in [-0.15, -0.1) is 0 Å². The molecule has 0 radical (unpaired) electrons. The van der Waals surface area contributed by atoms with Crippen molar-refractivity contribution < 1.29 is 9.53 Å². The Morgan fingerprint density at radius 1 is 1.57 bits per heavy atom. The molecular formula is C10H14N2O2. The first kappa shape index (κ1) is 10.7. The van der Waals surface area contributed by atoms with Crippen molar-refractivity contribution in [3.05, 3.63) is 24.0 Å². The molecule has 76 valence electrons. The summed E-state index contributed by atoms with van der Waals surface area (Å²) in [7, 11) is 0. The second-order valence-corrected chi connectivity index (χ2v) is 2.89. The van der Waals surface area contributed by atoms with Gasteiger partial charge in [0, 0.05) is 11.8 Å². The molecule has 0 amide bonds. The largest absolute Gasteiger partial charge is 0.492 e. The molecule has 1 rings (SSSR count). The lowest BCUT2D eigenvalue weighted by molar-refractivity contribution is 0.100. The Morgan fingerprint density at radius 3 is 3.00 bits per heavy atom. The number of hydrogen-bond acceptors (Lipinski definition) is 4. The third-order valence-electron chi connectivity index (χ3n) is 1.69. The summed E-state index contributed by atoms with van der Waals surface area (Å²) >= 11 is 0. The van der Waals surface area contributed by atoms with Gasteiger partial charge in [0.05, 0.1) is 19.3 Å². The molecular weight excluding hydrogens is 180 g/mol. The lowest BCUT2D eigenvalue weighted by Gasteiger charge is -2.04. The van der Waals surface area contributed by atoms with Crippen molar-refractivity contribution in [3.8, 4) is 5.75 Å². The van der Waals surface area contributed by atoms with Gasteiger partial charge >= 0.3 is 0 Å². The maximum absolute atomic E-state index is 11.2. The Bertz CT molecular complexity index is 313. The van der Waals surface area contributed by atoms with Crippen molar-refractivity contribution in [1.29, 1.82) is 0 Å². The first-order chi connectivity index (χ1) is 6.77. The lowest BCUT2D eigenvalue weighted by atomic mass is 10.2. The van der Waals surface area contributed by atoms with Crippen LogP contribution in [0.15, 0.2) is 18.5 Å². The summed E-state index contributed by atoms with van der Waals surface area (Å²) in [6.45, 7) is 2.64. The highest BCUT2D eigenvalue weighted by Gasteiger charge is 2.04. The molecule has 0 aliphatic carbocycles. The molecule has 0 bridgehead atoms. The molecule has 4 heteroatoms. The van der Waals surface area contributed by atoms with E-state index >= 15 is 0 Å². The quantitative estimate of drug-likeness (QED) is 0.710. The number of hydrogen-bond donors (Lipinski definition) is 1. The molecule has 0 saturated heterocycles. The standard InChI is InChI=1S/C10H14N2O2/c1-2-3-14-9-4-8(6-12-7-9)10(13)5-11/h4,6-7H,2-3,5,11H2,1H3. The van der Waals surface area contributed by atoms with E-state index in [-0.39, 0.29) is 12.3 Å². The Hall–Kier alpha value is -1.42. The number of pyridine rings is 1. The van der Waals surface area contributed by atoms with Crippen LogP contribution >= 0.6 is 0 Å². The zero-order valence-electron chi connectivity index (χ0n) is 8.19. The average molecular weight is 194 g/mol. The van der Waals surface area contributed by atoms with E-state index in [9.17, 15) is 4.79 Å². The van der Waals surface area contributed by atoms with E-state index in [1.54, 1.807) is 12.3 Å². The second kappa shape index (κ2) is 5.34. The summed E-state index contributed by atoms with van der Waals surface area (Å²) in [4.78, 5) is 15.1. The smallest absolute Gasteiger partial charge is 0.178 e. The van der Waals surface area contributed by atoms with Crippen LogP contribution in [0.4, 0.5) is 0 Å². The minimum absolute atomic E-state index is 0.00108. The van der Waals surface area contributed by atoms with Gasteiger partial charge in [-0.3, -0.25) is 9.78 Å². The number of nitrogens with zero attached hydrogens (tertiary/aromatic N) is 1. The zero-order chi connectivity index (χ0) is 10.4. The molecule has 1 heterocycles. The minimum Gasteiger partial charge on any atom is -0.492 e. The van der Waals surface area contributed by atoms with Crippen molar-refractivity contribution in [2.45, 2.75) is 13.3 Å². The summed E-state index contributed by atoms with van der Waals surface area (Å²) in [5.74, 6) is 0.491. The highest BCUT2D eigenvalue weighted by molar-refractivity contribution is 5.97. The second-order valence-electron chi connectivity index (χ2n) is 2.89. The number of ether oxygens (including phenoxy) is 1. The van der Waals surface area contributed by atoms with Gasteiger partial charge in [-0.2, -0.15) is 0 Å². The van der Waals surface area contributed by atoms with Crippen LogP contribution in [0, 0.1) is 0 Å². The topological polar surface area (TPSA) is 65.2 Å². The van der Waals surface area contributed by atoms with Crippen molar-refractivity contribution in [3.63, 3.8) is 0 Å². The third-order valence-corrected chi connectivity index (χ3v) is 1.69. The van der Waals surface area contributed by atoms with Crippen LogP contribution in [-0.2, 0) is 0 Å². The van der Waals surface area contributed by atoms with Gasteiger partial charge in [0.2, 0.25) is 0 Å². The van der Waals surface area contributed by atoms with Crippen LogP contribution in [-0.4, -0.2) is 23.9 Å². The molecule has 4 nitrogen and oxygen atoms in total. The van der Waals surface area contributed by atoms with E-state index in [2.05, 4.69) is 4.98 Å². The summed E-state index contributed by atoms with van der Waals surface area (Å²) < 4.78 is 5.33. The number of carbonyl (C=O) groups is 1. The van der Waals surface area contributed by atoms with Crippen LogP contribution in [0.3, 0.4) is 0 Å². The summed E-state index contributed by atoms with van der Waals surface area (Å²) in [5.41, 5.74) is 5.74. The monoisotopic (exact) mass is 194 g/mol. The van der Waals surface area contributed by atoms with E-state index in [1.807, 2.05) is 6.92 Å². The molecule has 0 saturated carbocycles. The average Bonchev–Trinajstić information content (AvgIpc) is 2.25. The van der Waals surface area contributed by atoms with Gasteiger partial charge in [0.1, 0.15) is 5.75 Å². The van der Waals surface area contributed by atoms with Crippen molar-refractivity contribution in [2.75, 3.05) is 13.2 Å². The first-order valence-electron chi connectivity index (χ1n) is 4.59. The maximum atomic E-state index is 11.2. The van der Waals surface area contributed by atoms with Gasteiger partial charge in [-0.05, 0) is 12.5 Å². The minimum atomic E-state index is -0.126. The fourth-order valence-electron chi connectivity index (χ4n) is 0.988.